The SMILES string of the molecule is COC(=O)C(CC(C)(C)C(C)(C#N)CCC(=O)OCc1cc(C)c(-c2ccc(-c3ccc(-c4sccc4C)s3)s2)s1)C(C)C. The van der Waals surface area contributed by atoms with Crippen LogP contribution in [0.5, 0.6) is 0 Å². The van der Waals surface area contributed by atoms with Crippen molar-refractivity contribution in [2.24, 2.45) is 22.7 Å². The van der Waals surface area contributed by atoms with Crippen LogP contribution in [-0.2, 0) is 25.7 Å². The summed E-state index contributed by atoms with van der Waals surface area (Å²) in [5, 5.41) is 12.3. The number of hydrogen-bond acceptors (Lipinski definition) is 9. The van der Waals surface area contributed by atoms with Crippen molar-refractivity contribution in [1.82, 2.24) is 0 Å². The molecule has 0 aliphatic rings. The Bertz CT molecular complexity index is 1650. The number of carbonyl (C=O) groups excluding carboxylic acids is 2. The fourth-order valence-electron chi connectivity index (χ4n) is 5.31. The molecule has 4 heterocycles. The van der Waals surface area contributed by atoms with Gasteiger partial charge in [-0.1, -0.05) is 27.7 Å². The van der Waals surface area contributed by atoms with Gasteiger partial charge in [-0.2, -0.15) is 5.26 Å². The quantitative estimate of drug-likeness (QED) is 0.133. The lowest BCUT2D eigenvalue weighted by atomic mass is 9.61. The molecule has 0 saturated carbocycles. The summed E-state index contributed by atoms with van der Waals surface area (Å²) in [6, 6.07) is 15.5. The fourth-order valence-corrected chi connectivity index (χ4v) is 9.80. The minimum atomic E-state index is -0.817. The maximum atomic E-state index is 12.8. The number of esters is 2. The normalized spacial score (nSPS) is 13.8. The van der Waals surface area contributed by atoms with E-state index in [-0.39, 0.29) is 36.8 Å². The fraction of sp³-hybridized carbons (Fsp3) is 0.457. The minimum absolute atomic E-state index is 0.0823. The van der Waals surface area contributed by atoms with Gasteiger partial charge in [-0.25, -0.2) is 0 Å². The predicted octanol–water partition coefficient (Wildman–Crippen LogP) is 10.8. The van der Waals surface area contributed by atoms with Gasteiger partial charge in [0.15, 0.2) is 0 Å². The highest BCUT2D eigenvalue weighted by atomic mass is 32.1. The molecule has 0 fully saturated rings. The molecule has 234 valence electrons. The van der Waals surface area contributed by atoms with Gasteiger partial charge in [0.1, 0.15) is 6.61 Å². The number of hydrogen-bond donors (Lipinski definition) is 0. The van der Waals surface area contributed by atoms with Gasteiger partial charge in [-0.3, -0.25) is 9.59 Å². The second kappa shape index (κ2) is 14.1. The first-order chi connectivity index (χ1) is 20.8. The monoisotopic (exact) mass is 667 g/mol. The largest absolute Gasteiger partial charge is 0.469 e. The summed E-state index contributed by atoms with van der Waals surface area (Å²) in [7, 11) is 1.40. The maximum Gasteiger partial charge on any atom is 0.308 e. The average Bonchev–Trinajstić information content (AvgIpc) is 3.79. The molecule has 4 aromatic rings. The molecule has 0 aromatic carbocycles. The van der Waals surface area contributed by atoms with Crippen molar-refractivity contribution in [2.45, 2.75) is 74.3 Å². The van der Waals surface area contributed by atoms with E-state index in [1.807, 2.05) is 46.0 Å². The van der Waals surface area contributed by atoms with Gasteiger partial charge < -0.3 is 9.47 Å². The molecule has 0 radical (unpaired) electrons. The Kier molecular flexibility index (Phi) is 10.9. The second-order valence-corrected chi connectivity index (χ2v) is 16.8. The second-order valence-electron chi connectivity index (χ2n) is 12.6. The summed E-state index contributed by atoms with van der Waals surface area (Å²) in [6.07, 6.45) is 0.988. The zero-order valence-corrected chi connectivity index (χ0v) is 30.0. The molecule has 2 unspecified atom stereocenters. The lowest BCUT2D eigenvalue weighted by molar-refractivity contribution is -0.150. The molecule has 0 saturated heterocycles. The smallest absolute Gasteiger partial charge is 0.308 e. The number of ether oxygens (including phenoxy) is 2. The van der Waals surface area contributed by atoms with Crippen LogP contribution in [0.25, 0.3) is 29.3 Å². The molecule has 9 heteroatoms. The first-order valence-electron chi connectivity index (χ1n) is 14.8. The van der Waals surface area contributed by atoms with Gasteiger partial charge in [-0.05, 0) is 97.9 Å². The Morgan fingerprint density at radius 1 is 0.909 bits per heavy atom. The van der Waals surface area contributed by atoms with Gasteiger partial charge in [0.2, 0.25) is 0 Å². The number of nitriles is 1. The summed E-state index contributed by atoms with van der Waals surface area (Å²) in [6.45, 7) is 14.3. The first kappa shape index (κ1) is 34.1. The Morgan fingerprint density at radius 3 is 2.07 bits per heavy atom. The lowest BCUT2D eigenvalue weighted by Crippen LogP contribution is -2.39. The van der Waals surface area contributed by atoms with Crippen LogP contribution in [0.15, 0.2) is 41.8 Å². The zero-order valence-electron chi connectivity index (χ0n) is 26.7. The van der Waals surface area contributed by atoms with Crippen LogP contribution in [0.2, 0.25) is 0 Å². The molecule has 2 atom stereocenters. The maximum absolute atomic E-state index is 12.8. The summed E-state index contributed by atoms with van der Waals surface area (Å²) in [4.78, 5) is 33.8. The van der Waals surface area contributed by atoms with Crippen molar-refractivity contribution in [3.8, 4) is 35.3 Å². The molecule has 0 spiro atoms. The lowest BCUT2D eigenvalue weighted by Gasteiger charge is -2.41. The number of rotatable bonds is 13. The molecule has 0 amide bonds. The molecule has 0 aliphatic carbocycles. The van der Waals surface area contributed by atoms with Gasteiger partial charge in [0.05, 0.1) is 24.5 Å². The first-order valence-corrected chi connectivity index (χ1v) is 18.1. The highest BCUT2D eigenvalue weighted by Gasteiger charge is 2.44. The predicted molar refractivity (Wildman–Crippen MR) is 185 cm³/mol. The Morgan fingerprint density at radius 2 is 1.52 bits per heavy atom. The van der Waals surface area contributed by atoms with Crippen LogP contribution in [0.4, 0.5) is 0 Å². The molecule has 0 N–H and O–H groups in total. The highest BCUT2D eigenvalue weighted by molar-refractivity contribution is 7.28. The molecule has 0 aliphatic heterocycles. The molecule has 4 rings (SSSR count). The molecule has 0 bridgehead atoms. The molecule has 44 heavy (non-hydrogen) atoms. The zero-order chi connectivity index (χ0) is 32.2. The van der Waals surface area contributed by atoms with E-state index in [0.29, 0.717) is 12.8 Å². The summed E-state index contributed by atoms with van der Waals surface area (Å²) < 4.78 is 10.7. The van der Waals surface area contributed by atoms with E-state index in [4.69, 9.17) is 9.47 Å². The Balaban J connectivity index is 1.36. The van der Waals surface area contributed by atoms with E-state index in [0.717, 1.165) is 4.88 Å². The van der Waals surface area contributed by atoms with Gasteiger partial charge in [-0.15, -0.1) is 45.3 Å². The summed E-state index contributed by atoms with van der Waals surface area (Å²) >= 11 is 7.06. The van der Waals surface area contributed by atoms with Crippen LogP contribution >= 0.6 is 45.3 Å². The van der Waals surface area contributed by atoms with Crippen molar-refractivity contribution < 1.29 is 19.1 Å². The van der Waals surface area contributed by atoms with Crippen molar-refractivity contribution in [3.05, 3.63) is 57.8 Å². The topological polar surface area (TPSA) is 76.4 Å². The summed E-state index contributed by atoms with van der Waals surface area (Å²) in [5.41, 5.74) is 1.15. The van der Waals surface area contributed by atoms with Crippen molar-refractivity contribution >= 4 is 57.3 Å². The van der Waals surface area contributed by atoms with Gasteiger partial charge in [0.25, 0.3) is 0 Å². The van der Waals surface area contributed by atoms with E-state index in [1.165, 1.54) is 47.5 Å². The van der Waals surface area contributed by atoms with Crippen LogP contribution in [0.1, 0.15) is 69.9 Å². The van der Waals surface area contributed by atoms with Gasteiger partial charge in [0, 0.05) is 40.6 Å². The van der Waals surface area contributed by atoms with Crippen LogP contribution in [0.3, 0.4) is 0 Å². The summed E-state index contributed by atoms with van der Waals surface area (Å²) in [5.74, 6) is -0.819. The third-order valence-corrected chi connectivity index (χ3v) is 13.7. The number of carbonyl (C=O) groups is 2. The Labute approximate surface area is 277 Å². The van der Waals surface area contributed by atoms with Crippen LogP contribution < -0.4 is 0 Å². The van der Waals surface area contributed by atoms with Gasteiger partial charge >= 0.3 is 11.9 Å². The van der Waals surface area contributed by atoms with E-state index in [9.17, 15) is 14.9 Å². The molecular formula is C35H41NO4S4. The number of aryl methyl sites for hydroxylation is 2. The molecular weight excluding hydrogens is 627 g/mol. The molecule has 5 nitrogen and oxygen atoms in total. The molecule has 4 aromatic heterocycles. The third kappa shape index (κ3) is 7.54. The minimum Gasteiger partial charge on any atom is -0.469 e. The average molecular weight is 668 g/mol. The van der Waals surface area contributed by atoms with E-state index >= 15 is 0 Å². The Hall–Kier alpha value is -2.77. The number of nitrogens with zero attached hydrogens (tertiary/aromatic N) is 1. The standard InChI is InChI=1S/C35H41NO4S4/c1-21(2)25(33(38)39-8)18-34(5,6)35(7,20-36)15-13-30(37)40-19-24-17-23(4)32(42-24)29-12-10-27(44-29)26-9-11-28(43-26)31-22(3)14-16-41-31/h9-12,14,16-17,21,25H,13,15,18-19H2,1-8H3. The van der Waals surface area contributed by atoms with Crippen LogP contribution in [-0.4, -0.2) is 19.0 Å². The highest BCUT2D eigenvalue weighted by Crippen LogP contribution is 2.48. The van der Waals surface area contributed by atoms with E-state index < -0.39 is 10.8 Å². The van der Waals surface area contributed by atoms with Crippen molar-refractivity contribution in [3.63, 3.8) is 0 Å². The number of thiophene rings is 4. The van der Waals surface area contributed by atoms with Crippen molar-refractivity contribution in [1.29, 1.82) is 5.26 Å². The van der Waals surface area contributed by atoms with Crippen LogP contribution in [0, 0.1) is 47.8 Å². The third-order valence-electron chi connectivity index (χ3n) is 8.72. The number of methoxy groups -OCH3 is 1. The van der Waals surface area contributed by atoms with E-state index in [1.54, 1.807) is 34.0 Å². The van der Waals surface area contributed by atoms with E-state index in [2.05, 4.69) is 61.7 Å². The van der Waals surface area contributed by atoms with Crippen molar-refractivity contribution in [2.75, 3.05) is 7.11 Å².